The molecule has 0 aromatic rings. The number of allylic oxidation sites excluding steroid dienone is 12. The quantitative estimate of drug-likeness (QED) is 0.0262. The highest BCUT2D eigenvalue weighted by atomic mass is 16.6. The molecule has 0 radical (unpaired) electrons. The Kier molecular flexibility index (Phi) is 51.9. The minimum atomic E-state index is -0.791. The molecule has 0 aliphatic heterocycles. The number of carbonyl (C=O) groups is 3. The number of hydrogen-bond acceptors (Lipinski definition) is 6. The molecule has 0 fully saturated rings. The molecule has 66 heavy (non-hydrogen) atoms. The summed E-state index contributed by atoms with van der Waals surface area (Å²) in [5.74, 6) is -0.922. The van der Waals surface area contributed by atoms with Gasteiger partial charge in [-0.3, -0.25) is 14.4 Å². The van der Waals surface area contributed by atoms with Crippen LogP contribution in [0.4, 0.5) is 0 Å². The topological polar surface area (TPSA) is 78.9 Å². The van der Waals surface area contributed by atoms with Crippen molar-refractivity contribution in [2.45, 2.75) is 277 Å². The third kappa shape index (κ3) is 51.8. The molecule has 0 rings (SSSR count). The lowest BCUT2D eigenvalue weighted by molar-refractivity contribution is -0.167. The zero-order chi connectivity index (χ0) is 47.9. The van der Waals surface area contributed by atoms with E-state index in [1.165, 1.54) is 116 Å². The van der Waals surface area contributed by atoms with E-state index >= 15 is 0 Å². The Morgan fingerprint density at radius 2 is 0.591 bits per heavy atom. The van der Waals surface area contributed by atoms with Gasteiger partial charge in [-0.15, -0.1) is 0 Å². The summed E-state index contributed by atoms with van der Waals surface area (Å²) in [5.41, 5.74) is 0. The van der Waals surface area contributed by atoms with Gasteiger partial charge in [0.05, 0.1) is 0 Å². The second kappa shape index (κ2) is 54.5. The third-order valence-electron chi connectivity index (χ3n) is 11.9. The molecule has 0 amide bonds. The highest BCUT2D eigenvalue weighted by Crippen LogP contribution is 2.14. The van der Waals surface area contributed by atoms with Gasteiger partial charge in [0, 0.05) is 19.3 Å². The van der Waals surface area contributed by atoms with Crippen molar-refractivity contribution in [2.75, 3.05) is 13.2 Å². The number of esters is 3. The number of carbonyl (C=O) groups excluding carboxylic acids is 3. The van der Waals surface area contributed by atoms with Crippen LogP contribution in [-0.4, -0.2) is 37.2 Å². The van der Waals surface area contributed by atoms with E-state index in [1.807, 2.05) is 0 Å². The molecule has 6 nitrogen and oxygen atoms in total. The molecule has 0 heterocycles. The smallest absolute Gasteiger partial charge is 0.306 e. The van der Waals surface area contributed by atoms with Crippen molar-refractivity contribution in [3.05, 3.63) is 72.9 Å². The number of unbranched alkanes of at least 4 members (excludes halogenated alkanes) is 27. The summed E-state index contributed by atoms with van der Waals surface area (Å²) in [6, 6.07) is 0. The fraction of sp³-hybridized carbons (Fsp3) is 0.750. The Morgan fingerprint density at radius 3 is 0.955 bits per heavy atom. The van der Waals surface area contributed by atoms with Gasteiger partial charge in [-0.25, -0.2) is 0 Å². The summed E-state index contributed by atoms with van der Waals surface area (Å²) in [6.45, 7) is 6.50. The molecule has 0 N–H and O–H groups in total. The van der Waals surface area contributed by atoms with Gasteiger partial charge in [-0.05, 0) is 109 Å². The van der Waals surface area contributed by atoms with Gasteiger partial charge >= 0.3 is 17.9 Å². The lowest BCUT2D eigenvalue weighted by Gasteiger charge is -2.18. The monoisotopic (exact) mass is 921 g/mol. The molecule has 0 spiro atoms. The molecule has 6 heteroatoms. The fourth-order valence-corrected chi connectivity index (χ4v) is 7.72. The van der Waals surface area contributed by atoms with E-state index in [-0.39, 0.29) is 31.1 Å². The zero-order valence-electron chi connectivity index (χ0n) is 43.4. The van der Waals surface area contributed by atoms with Crippen LogP contribution in [-0.2, 0) is 28.6 Å². The maximum Gasteiger partial charge on any atom is 0.306 e. The van der Waals surface area contributed by atoms with Crippen LogP contribution >= 0.6 is 0 Å². The van der Waals surface area contributed by atoms with E-state index in [2.05, 4.69) is 93.7 Å². The fourth-order valence-electron chi connectivity index (χ4n) is 7.72. The summed E-state index contributed by atoms with van der Waals surface area (Å²) >= 11 is 0. The van der Waals surface area contributed by atoms with Gasteiger partial charge in [-0.2, -0.15) is 0 Å². The van der Waals surface area contributed by atoms with Crippen LogP contribution in [0.15, 0.2) is 72.9 Å². The molecule has 380 valence electrons. The van der Waals surface area contributed by atoms with E-state index in [1.54, 1.807) is 0 Å². The normalized spacial score (nSPS) is 12.6. The largest absolute Gasteiger partial charge is 0.462 e. The summed E-state index contributed by atoms with van der Waals surface area (Å²) in [7, 11) is 0. The van der Waals surface area contributed by atoms with E-state index < -0.39 is 6.10 Å². The van der Waals surface area contributed by atoms with Crippen molar-refractivity contribution in [1.82, 2.24) is 0 Å². The molecule has 0 saturated carbocycles. The summed E-state index contributed by atoms with van der Waals surface area (Å²) in [5, 5.41) is 0. The SMILES string of the molecule is CC/C=C\C/C=C\C/C=C\C/C=C\CCCCCCCCC(=O)OCC(COC(=O)CCCCC/C=C\CCCCCCCC)OC(=O)CCCCCCC/C=C\CCCCCCCCC. The molecule has 0 bridgehead atoms. The van der Waals surface area contributed by atoms with Crippen molar-refractivity contribution in [1.29, 1.82) is 0 Å². The standard InChI is InChI=1S/C60H104O6/c1-4-7-10-13-16-19-22-25-27-29-30-31-33-35-38-41-44-47-50-53-59(62)65-56-57(55-64-58(61)52-49-46-43-40-37-34-24-21-18-15-12-9-6-3)66-60(63)54-51-48-45-42-39-36-32-28-26-23-20-17-14-11-8-5-2/h7,10,16,19,25,27-28,30-32,34,37,57H,4-6,8-9,11-15,17-18,20-24,26,29,33,35-36,38-56H2,1-3H3/b10-7-,19-16-,27-25-,31-30-,32-28-,37-34-. The number of rotatable bonds is 50. The molecule has 0 aromatic carbocycles. The van der Waals surface area contributed by atoms with Crippen molar-refractivity contribution in [2.24, 2.45) is 0 Å². The first-order valence-electron chi connectivity index (χ1n) is 27.9. The van der Waals surface area contributed by atoms with Crippen LogP contribution in [0.3, 0.4) is 0 Å². The minimum Gasteiger partial charge on any atom is -0.462 e. The molecule has 0 aliphatic carbocycles. The van der Waals surface area contributed by atoms with Crippen LogP contribution in [0, 0.1) is 0 Å². The van der Waals surface area contributed by atoms with Crippen LogP contribution in [0.25, 0.3) is 0 Å². The number of hydrogen-bond donors (Lipinski definition) is 0. The molecule has 0 aliphatic rings. The first kappa shape index (κ1) is 62.8. The predicted molar refractivity (Wildman–Crippen MR) is 284 cm³/mol. The van der Waals surface area contributed by atoms with Crippen LogP contribution in [0.2, 0.25) is 0 Å². The van der Waals surface area contributed by atoms with E-state index in [9.17, 15) is 14.4 Å². The summed E-state index contributed by atoms with van der Waals surface area (Å²) < 4.78 is 16.8. The molecule has 1 unspecified atom stereocenters. The molecule has 0 saturated heterocycles. The minimum absolute atomic E-state index is 0.0906. The van der Waals surface area contributed by atoms with Crippen LogP contribution < -0.4 is 0 Å². The Morgan fingerprint density at radius 1 is 0.318 bits per heavy atom. The maximum atomic E-state index is 12.8. The average molecular weight is 921 g/mol. The van der Waals surface area contributed by atoms with E-state index in [0.717, 1.165) is 116 Å². The highest BCUT2D eigenvalue weighted by molar-refractivity contribution is 5.71. The van der Waals surface area contributed by atoms with Crippen molar-refractivity contribution in [3.63, 3.8) is 0 Å². The van der Waals surface area contributed by atoms with Gasteiger partial charge in [0.25, 0.3) is 0 Å². The lowest BCUT2D eigenvalue weighted by atomic mass is 10.1. The van der Waals surface area contributed by atoms with Gasteiger partial charge in [-0.1, -0.05) is 216 Å². The Bertz CT molecular complexity index is 1240. The van der Waals surface area contributed by atoms with Gasteiger partial charge in [0.1, 0.15) is 13.2 Å². The van der Waals surface area contributed by atoms with Crippen LogP contribution in [0.5, 0.6) is 0 Å². The summed E-state index contributed by atoms with van der Waals surface area (Å²) in [4.78, 5) is 38.1. The Labute approximate surface area is 408 Å². The second-order valence-electron chi connectivity index (χ2n) is 18.5. The van der Waals surface area contributed by atoms with E-state index in [4.69, 9.17) is 14.2 Å². The average Bonchev–Trinajstić information content (AvgIpc) is 3.31. The maximum absolute atomic E-state index is 12.8. The molecular weight excluding hydrogens is 817 g/mol. The van der Waals surface area contributed by atoms with Gasteiger partial charge in [0.2, 0.25) is 0 Å². The van der Waals surface area contributed by atoms with Gasteiger partial charge in [0.15, 0.2) is 6.10 Å². The van der Waals surface area contributed by atoms with Crippen molar-refractivity contribution in [3.8, 4) is 0 Å². The van der Waals surface area contributed by atoms with Gasteiger partial charge < -0.3 is 14.2 Å². The first-order chi connectivity index (χ1) is 32.5. The first-order valence-corrected chi connectivity index (χ1v) is 27.9. The van der Waals surface area contributed by atoms with Crippen molar-refractivity contribution < 1.29 is 28.6 Å². The Balaban J connectivity index is 4.42. The highest BCUT2D eigenvalue weighted by Gasteiger charge is 2.19. The molecular formula is C60H104O6. The lowest BCUT2D eigenvalue weighted by Crippen LogP contribution is -2.30. The Hall–Kier alpha value is -3.15. The predicted octanol–water partition coefficient (Wildman–Crippen LogP) is 18.6. The van der Waals surface area contributed by atoms with Crippen molar-refractivity contribution >= 4 is 17.9 Å². The molecule has 0 aromatic heterocycles. The van der Waals surface area contributed by atoms with E-state index in [0.29, 0.717) is 19.3 Å². The molecule has 1 atom stereocenters. The second-order valence-corrected chi connectivity index (χ2v) is 18.5. The number of ether oxygens (including phenoxy) is 3. The third-order valence-corrected chi connectivity index (χ3v) is 11.9. The zero-order valence-corrected chi connectivity index (χ0v) is 43.4. The van der Waals surface area contributed by atoms with Crippen LogP contribution in [0.1, 0.15) is 271 Å². The summed E-state index contributed by atoms with van der Waals surface area (Å²) in [6.07, 6.45) is 68.9.